The van der Waals surface area contributed by atoms with E-state index in [1.54, 1.807) is 20.1 Å². The molecule has 7 nitrogen and oxygen atoms in total. The summed E-state index contributed by atoms with van der Waals surface area (Å²) in [5.74, 6) is 1.24. The molecule has 1 unspecified atom stereocenters. The van der Waals surface area contributed by atoms with Crippen molar-refractivity contribution < 1.29 is 9.53 Å². The molecule has 0 bridgehead atoms. The third-order valence-electron chi connectivity index (χ3n) is 2.39. The van der Waals surface area contributed by atoms with Crippen LogP contribution >= 0.6 is 0 Å². The van der Waals surface area contributed by atoms with Gasteiger partial charge in [0.15, 0.2) is 0 Å². The Hall–Kier alpha value is -1.89. The van der Waals surface area contributed by atoms with Crippen LogP contribution in [0.4, 0.5) is 11.6 Å². The molecule has 7 heteroatoms. The van der Waals surface area contributed by atoms with Crippen LogP contribution in [0.5, 0.6) is 0 Å². The molecule has 1 heterocycles. The molecule has 1 aromatic heterocycles. The van der Waals surface area contributed by atoms with Gasteiger partial charge >= 0.3 is 0 Å². The minimum absolute atomic E-state index is 0.0966. The van der Waals surface area contributed by atoms with E-state index in [4.69, 9.17) is 4.74 Å². The van der Waals surface area contributed by atoms with Gasteiger partial charge in [0.1, 0.15) is 24.0 Å². The van der Waals surface area contributed by atoms with Gasteiger partial charge in [-0.25, -0.2) is 9.97 Å². The molecule has 106 valence electrons. The third kappa shape index (κ3) is 5.52. The molecule has 0 saturated heterocycles. The molecule has 0 aliphatic heterocycles. The lowest BCUT2D eigenvalue weighted by Crippen LogP contribution is -2.39. The molecule has 0 aliphatic rings. The van der Waals surface area contributed by atoms with Crippen molar-refractivity contribution in [3.63, 3.8) is 0 Å². The summed E-state index contributed by atoms with van der Waals surface area (Å²) in [6.45, 7) is 5.53. The summed E-state index contributed by atoms with van der Waals surface area (Å²) >= 11 is 0. The van der Waals surface area contributed by atoms with E-state index in [1.165, 1.54) is 6.33 Å². The number of nitrogens with one attached hydrogen (secondary N) is 3. The zero-order valence-electron chi connectivity index (χ0n) is 11.6. The Labute approximate surface area is 113 Å². The largest absolute Gasteiger partial charge is 0.383 e. The van der Waals surface area contributed by atoms with Gasteiger partial charge in [-0.1, -0.05) is 0 Å². The fourth-order valence-electron chi connectivity index (χ4n) is 1.43. The lowest BCUT2D eigenvalue weighted by atomic mass is 10.3. The Morgan fingerprint density at radius 3 is 2.84 bits per heavy atom. The number of carbonyl (C=O) groups excluding carboxylic acids is 1. The Balaban J connectivity index is 2.48. The quantitative estimate of drug-likeness (QED) is 0.593. The van der Waals surface area contributed by atoms with Crippen molar-refractivity contribution in [1.82, 2.24) is 15.3 Å². The van der Waals surface area contributed by atoms with Crippen molar-refractivity contribution in [2.75, 3.05) is 37.4 Å². The average molecular weight is 267 g/mol. The van der Waals surface area contributed by atoms with Crippen LogP contribution in [-0.2, 0) is 9.53 Å². The summed E-state index contributed by atoms with van der Waals surface area (Å²) in [4.78, 5) is 19.9. The fourth-order valence-corrected chi connectivity index (χ4v) is 1.43. The lowest BCUT2D eigenvalue weighted by molar-refractivity contribution is -0.121. The third-order valence-corrected chi connectivity index (χ3v) is 2.39. The first-order valence-corrected chi connectivity index (χ1v) is 6.26. The van der Waals surface area contributed by atoms with Gasteiger partial charge < -0.3 is 20.7 Å². The number of methoxy groups -OCH3 is 1. The van der Waals surface area contributed by atoms with Gasteiger partial charge in [-0.2, -0.15) is 0 Å². The molecule has 0 radical (unpaired) electrons. The van der Waals surface area contributed by atoms with Crippen molar-refractivity contribution in [2.45, 2.75) is 19.9 Å². The predicted molar refractivity (Wildman–Crippen MR) is 74.2 cm³/mol. The Bertz CT molecular complexity index is 399. The number of carbonyl (C=O) groups is 1. The molecule has 0 saturated carbocycles. The van der Waals surface area contributed by atoms with E-state index < -0.39 is 0 Å². The summed E-state index contributed by atoms with van der Waals surface area (Å²) in [5.41, 5.74) is 0. The number of rotatable bonds is 8. The van der Waals surface area contributed by atoms with Gasteiger partial charge in [0.2, 0.25) is 5.91 Å². The molecule has 0 fully saturated rings. The maximum atomic E-state index is 11.7. The Morgan fingerprint density at radius 2 is 2.16 bits per heavy atom. The van der Waals surface area contributed by atoms with Crippen molar-refractivity contribution in [1.29, 1.82) is 0 Å². The highest BCUT2D eigenvalue weighted by Crippen LogP contribution is 2.09. The van der Waals surface area contributed by atoms with E-state index in [1.807, 2.05) is 6.92 Å². The number of nitrogens with zero attached hydrogens (tertiary/aromatic N) is 2. The summed E-state index contributed by atoms with van der Waals surface area (Å²) in [6, 6.07) is 1.39. The minimum Gasteiger partial charge on any atom is -0.383 e. The zero-order chi connectivity index (χ0) is 14.1. The Morgan fingerprint density at radius 1 is 1.42 bits per heavy atom. The molecule has 1 rings (SSSR count). The summed E-state index contributed by atoms with van der Waals surface area (Å²) in [7, 11) is 1.59. The molecule has 1 aromatic rings. The average Bonchev–Trinajstić information content (AvgIpc) is 2.39. The summed E-state index contributed by atoms with van der Waals surface area (Å²) < 4.78 is 4.87. The topological polar surface area (TPSA) is 88.2 Å². The molecule has 0 aliphatic carbocycles. The van der Waals surface area contributed by atoms with Gasteiger partial charge in [0.25, 0.3) is 0 Å². The van der Waals surface area contributed by atoms with Crippen LogP contribution in [0.3, 0.4) is 0 Å². The maximum Gasteiger partial charge on any atom is 0.242 e. The molecule has 1 amide bonds. The van der Waals surface area contributed by atoms with E-state index in [-0.39, 0.29) is 11.9 Å². The first-order chi connectivity index (χ1) is 9.17. The van der Waals surface area contributed by atoms with E-state index in [9.17, 15) is 4.79 Å². The van der Waals surface area contributed by atoms with Gasteiger partial charge in [-0.3, -0.25) is 4.79 Å². The van der Waals surface area contributed by atoms with Crippen LogP contribution in [0.15, 0.2) is 12.4 Å². The molecule has 0 spiro atoms. The van der Waals surface area contributed by atoms with Crippen molar-refractivity contribution in [3.05, 3.63) is 12.4 Å². The van der Waals surface area contributed by atoms with Crippen molar-refractivity contribution in [2.24, 2.45) is 0 Å². The predicted octanol–water partition coefficient (Wildman–Crippen LogP) is 0.471. The molecule has 19 heavy (non-hydrogen) atoms. The summed E-state index contributed by atoms with van der Waals surface area (Å²) in [5, 5.41) is 8.87. The number of hydrogen-bond donors (Lipinski definition) is 3. The minimum atomic E-state index is -0.374. The van der Waals surface area contributed by atoms with E-state index in [2.05, 4.69) is 25.9 Å². The van der Waals surface area contributed by atoms with Gasteiger partial charge in [-0.05, 0) is 13.8 Å². The molecular formula is C12H21N5O2. The second kappa shape index (κ2) is 8.25. The van der Waals surface area contributed by atoms with Crippen molar-refractivity contribution >= 4 is 17.5 Å². The molecule has 3 N–H and O–H groups in total. The summed E-state index contributed by atoms with van der Waals surface area (Å²) in [6.07, 6.45) is 1.45. The van der Waals surface area contributed by atoms with Crippen LogP contribution in [0.25, 0.3) is 0 Å². The smallest absolute Gasteiger partial charge is 0.242 e. The first kappa shape index (κ1) is 15.2. The molecular weight excluding hydrogens is 246 g/mol. The Kier molecular flexibility index (Phi) is 6.59. The standard InChI is InChI=1S/C12H21N5O2/c1-4-13-10-7-11(16-8-15-10)17-9(2)12(18)14-5-6-19-3/h7-9H,4-6H2,1-3H3,(H,14,18)(H2,13,15,16,17). The lowest BCUT2D eigenvalue weighted by Gasteiger charge is -2.14. The highest BCUT2D eigenvalue weighted by Gasteiger charge is 2.12. The van der Waals surface area contributed by atoms with Gasteiger partial charge in [0, 0.05) is 26.3 Å². The SMILES string of the molecule is CCNc1cc(NC(C)C(=O)NCCOC)ncn1. The molecule has 1 atom stereocenters. The van der Waals surface area contributed by atoms with Gasteiger partial charge in [-0.15, -0.1) is 0 Å². The number of hydrogen-bond acceptors (Lipinski definition) is 6. The van der Waals surface area contributed by atoms with Gasteiger partial charge in [0.05, 0.1) is 6.61 Å². The van der Waals surface area contributed by atoms with E-state index in [0.29, 0.717) is 19.0 Å². The van der Waals surface area contributed by atoms with Crippen LogP contribution < -0.4 is 16.0 Å². The second-order valence-electron chi connectivity index (χ2n) is 3.97. The number of anilines is 2. The highest BCUT2D eigenvalue weighted by atomic mass is 16.5. The van der Waals surface area contributed by atoms with Crippen LogP contribution in [0.2, 0.25) is 0 Å². The number of ether oxygens (including phenoxy) is 1. The monoisotopic (exact) mass is 267 g/mol. The van der Waals surface area contributed by atoms with Crippen LogP contribution in [0, 0.1) is 0 Å². The van der Waals surface area contributed by atoms with E-state index >= 15 is 0 Å². The number of aromatic nitrogens is 2. The normalized spacial score (nSPS) is 11.7. The first-order valence-electron chi connectivity index (χ1n) is 6.26. The number of amides is 1. The van der Waals surface area contributed by atoms with Crippen LogP contribution in [-0.4, -0.2) is 48.7 Å². The second-order valence-corrected chi connectivity index (χ2v) is 3.97. The van der Waals surface area contributed by atoms with Crippen LogP contribution in [0.1, 0.15) is 13.8 Å². The van der Waals surface area contributed by atoms with E-state index in [0.717, 1.165) is 12.4 Å². The molecule has 0 aromatic carbocycles. The van der Waals surface area contributed by atoms with Crippen molar-refractivity contribution in [3.8, 4) is 0 Å². The zero-order valence-corrected chi connectivity index (χ0v) is 11.6. The maximum absolute atomic E-state index is 11.7. The highest BCUT2D eigenvalue weighted by molar-refractivity contribution is 5.83. The fraction of sp³-hybridized carbons (Fsp3) is 0.583.